The highest BCUT2D eigenvalue weighted by Gasteiger charge is 2.58. The molecule has 126 valence electrons. The zero-order valence-electron chi connectivity index (χ0n) is 13.7. The van der Waals surface area contributed by atoms with E-state index in [9.17, 15) is 4.79 Å². The first-order valence-electron chi connectivity index (χ1n) is 8.16. The second kappa shape index (κ2) is 6.42. The van der Waals surface area contributed by atoms with Crippen molar-refractivity contribution < 1.29 is 14.3 Å². The molecule has 1 spiro atoms. The lowest BCUT2D eigenvalue weighted by molar-refractivity contribution is -0.125. The van der Waals surface area contributed by atoms with Gasteiger partial charge in [-0.05, 0) is 49.3 Å². The Morgan fingerprint density at radius 3 is 2.87 bits per heavy atom. The van der Waals surface area contributed by atoms with Crippen LogP contribution in [0.1, 0.15) is 31.7 Å². The number of halogens is 1. The highest BCUT2D eigenvalue weighted by Crippen LogP contribution is 2.59. The monoisotopic (exact) mass is 337 g/mol. The molecule has 3 rings (SSSR count). The minimum atomic E-state index is -0.585. The van der Waals surface area contributed by atoms with Crippen LogP contribution in [0.3, 0.4) is 0 Å². The van der Waals surface area contributed by atoms with Crippen LogP contribution in [-0.2, 0) is 19.9 Å². The van der Waals surface area contributed by atoms with E-state index in [-0.39, 0.29) is 17.2 Å². The fourth-order valence-electron chi connectivity index (χ4n) is 3.54. The molecular weight excluding hydrogens is 314 g/mol. The average Bonchev–Trinajstić information content (AvgIpc) is 3.26. The molecule has 2 aliphatic rings. The van der Waals surface area contributed by atoms with Crippen LogP contribution >= 0.6 is 11.6 Å². The Labute approximate surface area is 142 Å². The number of ether oxygens (including phenoxy) is 2. The number of amides is 1. The minimum Gasteiger partial charge on any atom is -0.381 e. The summed E-state index contributed by atoms with van der Waals surface area (Å²) >= 11 is 6.07. The average molecular weight is 338 g/mol. The molecule has 1 heterocycles. The van der Waals surface area contributed by atoms with Gasteiger partial charge in [0.2, 0.25) is 5.91 Å². The number of nitrogens with one attached hydrogen (secondary N) is 1. The number of hydrogen-bond donors (Lipinski definition) is 1. The molecular formula is C18H24ClNO3. The van der Waals surface area contributed by atoms with E-state index in [1.807, 2.05) is 31.2 Å². The second-order valence-corrected chi connectivity index (χ2v) is 7.33. The molecule has 2 fully saturated rings. The maximum atomic E-state index is 12.5. The van der Waals surface area contributed by atoms with E-state index in [4.69, 9.17) is 21.1 Å². The van der Waals surface area contributed by atoms with Crippen molar-refractivity contribution in [2.75, 3.05) is 26.9 Å². The van der Waals surface area contributed by atoms with E-state index in [2.05, 4.69) is 5.32 Å². The van der Waals surface area contributed by atoms with Crippen LogP contribution in [0.25, 0.3) is 0 Å². The molecule has 2 atom stereocenters. The summed E-state index contributed by atoms with van der Waals surface area (Å²) in [4.78, 5) is 12.5. The number of methoxy groups -OCH3 is 1. The van der Waals surface area contributed by atoms with Gasteiger partial charge in [0.1, 0.15) is 5.60 Å². The number of rotatable bonds is 5. The lowest BCUT2D eigenvalue weighted by Crippen LogP contribution is -2.41. The van der Waals surface area contributed by atoms with E-state index >= 15 is 0 Å². The maximum absolute atomic E-state index is 12.5. The zero-order valence-corrected chi connectivity index (χ0v) is 14.5. The normalized spacial score (nSPS) is 24.9. The molecule has 1 amide bonds. The summed E-state index contributed by atoms with van der Waals surface area (Å²) in [6, 6.07) is 7.58. The van der Waals surface area contributed by atoms with Gasteiger partial charge >= 0.3 is 0 Å². The third-order valence-electron chi connectivity index (χ3n) is 5.48. The Balaban J connectivity index is 1.61. The quantitative estimate of drug-likeness (QED) is 0.898. The smallest absolute Gasteiger partial charge is 0.223 e. The number of benzene rings is 1. The first kappa shape index (κ1) is 16.7. The molecule has 1 unspecified atom stereocenters. The lowest BCUT2D eigenvalue weighted by atomic mass is 9.93. The summed E-state index contributed by atoms with van der Waals surface area (Å²) in [5.74, 6) is 0.268. The van der Waals surface area contributed by atoms with E-state index < -0.39 is 5.60 Å². The molecule has 23 heavy (non-hydrogen) atoms. The second-order valence-electron chi connectivity index (χ2n) is 6.89. The van der Waals surface area contributed by atoms with Gasteiger partial charge in [-0.1, -0.05) is 23.7 Å². The van der Waals surface area contributed by atoms with Crippen molar-refractivity contribution in [3.8, 4) is 0 Å². The van der Waals surface area contributed by atoms with Crippen molar-refractivity contribution in [3.05, 3.63) is 34.9 Å². The molecule has 1 aromatic carbocycles. The Morgan fingerprint density at radius 2 is 2.22 bits per heavy atom. The van der Waals surface area contributed by atoms with Crippen LogP contribution in [-0.4, -0.2) is 32.8 Å². The highest BCUT2D eigenvalue weighted by molar-refractivity contribution is 6.30. The van der Waals surface area contributed by atoms with Crippen LogP contribution < -0.4 is 5.32 Å². The van der Waals surface area contributed by atoms with Gasteiger partial charge in [-0.15, -0.1) is 0 Å². The van der Waals surface area contributed by atoms with Crippen molar-refractivity contribution in [1.82, 2.24) is 5.32 Å². The van der Waals surface area contributed by atoms with E-state index in [1.54, 1.807) is 7.11 Å². The molecule has 0 aromatic heterocycles. The van der Waals surface area contributed by atoms with Crippen molar-refractivity contribution in [2.24, 2.45) is 11.3 Å². The fraction of sp³-hybridized carbons (Fsp3) is 0.611. The first-order chi connectivity index (χ1) is 11.0. The number of carbonyl (C=O) groups is 1. The van der Waals surface area contributed by atoms with E-state index in [1.165, 1.54) is 0 Å². The standard InChI is InChI=1S/C18H24ClNO3/c1-17(22-2,13-4-3-5-14(19)10-13)12-20-16(21)15-11-18(15)6-8-23-9-7-18/h3-5,10,15H,6-9,11-12H2,1-2H3,(H,20,21)/t15?,17-/m0/s1. The molecule has 5 heteroatoms. The summed E-state index contributed by atoms with van der Waals surface area (Å²) < 4.78 is 11.1. The predicted molar refractivity (Wildman–Crippen MR) is 89.4 cm³/mol. The third-order valence-corrected chi connectivity index (χ3v) is 5.72. The highest BCUT2D eigenvalue weighted by atomic mass is 35.5. The van der Waals surface area contributed by atoms with Crippen molar-refractivity contribution >= 4 is 17.5 Å². The van der Waals surface area contributed by atoms with E-state index in [0.717, 1.165) is 38.0 Å². The van der Waals surface area contributed by atoms with Gasteiger partial charge in [-0.2, -0.15) is 0 Å². The lowest BCUT2D eigenvalue weighted by Gasteiger charge is -2.29. The first-order valence-corrected chi connectivity index (χ1v) is 8.54. The predicted octanol–water partition coefficient (Wildman–Crippen LogP) is 3.13. The largest absolute Gasteiger partial charge is 0.381 e. The maximum Gasteiger partial charge on any atom is 0.223 e. The molecule has 0 radical (unpaired) electrons. The zero-order chi connectivity index (χ0) is 16.5. The summed E-state index contributed by atoms with van der Waals surface area (Å²) in [6.45, 7) is 3.96. The van der Waals surface area contributed by atoms with Gasteiger partial charge in [0.25, 0.3) is 0 Å². The van der Waals surface area contributed by atoms with E-state index in [0.29, 0.717) is 11.6 Å². The Hall–Kier alpha value is -1.10. The molecule has 0 bridgehead atoms. The van der Waals surface area contributed by atoms with Crippen LogP contribution in [0.15, 0.2) is 24.3 Å². The fourth-order valence-corrected chi connectivity index (χ4v) is 3.73. The molecule has 4 nitrogen and oxygen atoms in total. The van der Waals surface area contributed by atoms with Crippen molar-refractivity contribution in [2.45, 2.75) is 31.8 Å². The molecule has 1 aliphatic heterocycles. The van der Waals surface area contributed by atoms with Gasteiger partial charge < -0.3 is 14.8 Å². The third kappa shape index (κ3) is 3.39. The summed E-state index contributed by atoms with van der Waals surface area (Å²) in [5.41, 5.74) is 0.574. The van der Waals surface area contributed by atoms with Crippen LogP contribution in [0.2, 0.25) is 5.02 Å². The number of hydrogen-bond acceptors (Lipinski definition) is 3. The Morgan fingerprint density at radius 1 is 1.48 bits per heavy atom. The van der Waals surface area contributed by atoms with Gasteiger partial charge in [0.05, 0.1) is 6.54 Å². The summed E-state index contributed by atoms with van der Waals surface area (Å²) in [7, 11) is 1.66. The topological polar surface area (TPSA) is 47.6 Å². The van der Waals surface area contributed by atoms with Crippen molar-refractivity contribution in [1.29, 1.82) is 0 Å². The summed E-state index contributed by atoms with van der Waals surface area (Å²) in [6.07, 6.45) is 2.99. The minimum absolute atomic E-state index is 0.131. The Kier molecular flexibility index (Phi) is 4.68. The Bertz CT molecular complexity index is 585. The van der Waals surface area contributed by atoms with Gasteiger partial charge in [-0.25, -0.2) is 0 Å². The molecule has 1 saturated carbocycles. The molecule has 1 aliphatic carbocycles. The SMILES string of the molecule is CO[C@@](C)(CNC(=O)C1CC12CCOCC2)c1cccc(Cl)c1. The van der Waals surface area contributed by atoms with Gasteiger partial charge in [0.15, 0.2) is 0 Å². The molecule has 1 saturated heterocycles. The molecule has 1 N–H and O–H groups in total. The van der Waals surface area contributed by atoms with Gasteiger partial charge in [0, 0.05) is 31.3 Å². The molecule has 1 aromatic rings. The van der Waals surface area contributed by atoms with Crippen LogP contribution in [0, 0.1) is 11.3 Å². The van der Waals surface area contributed by atoms with Crippen molar-refractivity contribution in [3.63, 3.8) is 0 Å². The van der Waals surface area contributed by atoms with Crippen LogP contribution in [0.5, 0.6) is 0 Å². The number of carbonyl (C=O) groups excluding carboxylic acids is 1. The van der Waals surface area contributed by atoms with Gasteiger partial charge in [-0.3, -0.25) is 4.79 Å². The van der Waals surface area contributed by atoms with Crippen LogP contribution in [0.4, 0.5) is 0 Å². The summed E-state index contributed by atoms with van der Waals surface area (Å²) in [5, 5.41) is 3.74.